The second-order valence-electron chi connectivity index (χ2n) is 4.62. The van der Waals surface area contributed by atoms with Gasteiger partial charge in [-0.1, -0.05) is 0 Å². The van der Waals surface area contributed by atoms with Gasteiger partial charge in [0.15, 0.2) is 0 Å². The van der Waals surface area contributed by atoms with Gasteiger partial charge in [0.2, 0.25) is 0 Å². The molecule has 1 aliphatic carbocycles. The fourth-order valence-electron chi connectivity index (χ4n) is 2.67. The number of hydrogen-bond donors (Lipinski definition) is 1. The third-order valence-corrected chi connectivity index (χ3v) is 3.55. The molecule has 1 atom stereocenters. The number of morpholine rings is 1. The molecular weight excluding hydrogens is 178 g/mol. The number of ether oxygens (including phenoxy) is 1. The Morgan fingerprint density at radius 1 is 1.21 bits per heavy atom. The fourth-order valence-corrected chi connectivity index (χ4v) is 2.67. The van der Waals surface area contributed by atoms with Crippen molar-refractivity contribution in [1.29, 1.82) is 0 Å². The Kier molecular flexibility index (Phi) is 3.42. The van der Waals surface area contributed by atoms with Crippen LogP contribution < -0.4 is 0 Å². The minimum atomic E-state index is -0.0393. The molecule has 0 aromatic rings. The zero-order valence-corrected chi connectivity index (χ0v) is 8.98. The van der Waals surface area contributed by atoms with Crippen LogP contribution in [0, 0.1) is 0 Å². The highest BCUT2D eigenvalue weighted by molar-refractivity contribution is 4.83. The van der Waals surface area contributed by atoms with Crippen LogP contribution in [0.1, 0.15) is 32.6 Å². The van der Waals surface area contributed by atoms with E-state index in [4.69, 9.17) is 4.74 Å². The van der Waals surface area contributed by atoms with E-state index in [0.717, 1.165) is 45.4 Å². The van der Waals surface area contributed by atoms with E-state index in [-0.39, 0.29) is 6.10 Å². The average Bonchev–Trinajstić information content (AvgIpc) is 2.20. The lowest BCUT2D eigenvalue weighted by Crippen LogP contribution is -2.50. The van der Waals surface area contributed by atoms with Crippen LogP contribution in [-0.2, 0) is 4.74 Å². The molecular formula is C11H21NO2. The Balaban J connectivity index is 1.87. The maximum absolute atomic E-state index is 9.45. The molecule has 0 aromatic heterocycles. The average molecular weight is 199 g/mol. The van der Waals surface area contributed by atoms with Gasteiger partial charge in [-0.15, -0.1) is 0 Å². The topological polar surface area (TPSA) is 32.7 Å². The predicted octanol–water partition coefficient (Wildman–Crippen LogP) is 1.01. The van der Waals surface area contributed by atoms with Gasteiger partial charge in [-0.2, -0.15) is 0 Å². The third-order valence-electron chi connectivity index (χ3n) is 3.55. The maximum Gasteiger partial charge on any atom is 0.0619 e. The molecule has 2 fully saturated rings. The molecule has 1 heterocycles. The van der Waals surface area contributed by atoms with Crippen molar-refractivity contribution >= 4 is 0 Å². The minimum absolute atomic E-state index is 0.0393. The summed E-state index contributed by atoms with van der Waals surface area (Å²) in [5, 5.41) is 9.45. The van der Waals surface area contributed by atoms with Crippen molar-refractivity contribution < 1.29 is 9.84 Å². The molecule has 14 heavy (non-hydrogen) atoms. The summed E-state index contributed by atoms with van der Waals surface area (Å²) in [5.41, 5.74) is 0. The molecule has 1 N–H and O–H groups in total. The Bertz CT molecular complexity index is 178. The summed E-state index contributed by atoms with van der Waals surface area (Å²) in [6.45, 7) is 5.06. The first-order chi connectivity index (χ1) is 6.77. The van der Waals surface area contributed by atoms with Crippen LogP contribution in [0.4, 0.5) is 0 Å². The summed E-state index contributed by atoms with van der Waals surface area (Å²) >= 11 is 0. The summed E-state index contributed by atoms with van der Waals surface area (Å²) in [6, 6.07) is 1.25. The number of aliphatic hydroxyl groups is 1. The Morgan fingerprint density at radius 3 is 2.57 bits per heavy atom. The van der Waals surface area contributed by atoms with Crippen LogP contribution in [0.2, 0.25) is 0 Å². The lowest BCUT2D eigenvalue weighted by Gasteiger charge is -2.41. The van der Waals surface area contributed by atoms with E-state index < -0.39 is 0 Å². The molecule has 0 aromatic carbocycles. The van der Waals surface area contributed by atoms with Crippen LogP contribution in [0.3, 0.4) is 0 Å². The van der Waals surface area contributed by atoms with Crippen molar-refractivity contribution in [3.05, 3.63) is 0 Å². The lowest BCUT2D eigenvalue weighted by atomic mass is 9.91. The van der Waals surface area contributed by atoms with E-state index in [1.807, 2.05) is 0 Å². The molecule has 0 bridgehead atoms. The number of hydrogen-bond acceptors (Lipinski definition) is 3. The Labute approximate surface area is 86.0 Å². The number of nitrogens with zero attached hydrogens (tertiary/aromatic N) is 1. The minimum Gasteiger partial charge on any atom is -0.393 e. The highest BCUT2D eigenvalue weighted by atomic mass is 16.5. The fraction of sp³-hybridized carbons (Fsp3) is 1.00. The molecule has 1 aliphatic heterocycles. The smallest absolute Gasteiger partial charge is 0.0619 e. The zero-order valence-electron chi connectivity index (χ0n) is 8.98. The van der Waals surface area contributed by atoms with Gasteiger partial charge in [0.05, 0.1) is 19.3 Å². The quantitative estimate of drug-likeness (QED) is 0.684. The van der Waals surface area contributed by atoms with Gasteiger partial charge in [0, 0.05) is 18.6 Å². The molecule has 2 aliphatic rings. The molecule has 82 valence electrons. The summed E-state index contributed by atoms with van der Waals surface area (Å²) in [6.07, 6.45) is 4.24. The van der Waals surface area contributed by atoms with Crippen molar-refractivity contribution in [1.82, 2.24) is 4.90 Å². The Morgan fingerprint density at radius 2 is 1.93 bits per heavy atom. The van der Waals surface area contributed by atoms with Gasteiger partial charge in [0.25, 0.3) is 0 Å². The third kappa shape index (κ3) is 2.27. The molecule has 1 saturated heterocycles. The number of rotatable bonds is 1. The SMILES string of the molecule is C[C@@H]1COCCN1[C@H]1CC[C@H](O)CC1. The number of aliphatic hydroxyl groups excluding tert-OH is 1. The van der Waals surface area contributed by atoms with Gasteiger partial charge < -0.3 is 9.84 Å². The molecule has 3 nitrogen and oxygen atoms in total. The van der Waals surface area contributed by atoms with Crippen molar-refractivity contribution in [2.75, 3.05) is 19.8 Å². The van der Waals surface area contributed by atoms with Gasteiger partial charge in [-0.25, -0.2) is 0 Å². The normalized spacial score (nSPS) is 41.1. The second-order valence-corrected chi connectivity index (χ2v) is 4.62. The summed E-state index contributed by atoms with van der Waals surface area (Å²) in [5.74, 6) is 0. The van der Waals surface area contributed by atoms with E-state index >= 15 is 0 Å². The van der Waals surface area contributed by atoms with E-state index in [0.29, 0.717) is 12.1 Å². The van der Waals surface area contributed by atoms with Gasteiger partial charge in [-0.3, -0.25) is 4.90 Å². The predicted molar refractivity (Wildman–Crippen MR) is 55.2 cm³/mol. The first-order valence-electron chi connectivity index (χ1n) is 5.79. The van der Waals surface area contributed by atoms with Gasteiger partial charge >= 0.3 is 0 Å². The van der Waals surface area contributed by atoms with Crippen LogP contribution in [-0.4, -0.2) is 48.0 Å². The van der Waals surface area contributed by atoms with Gasteiger partial charge in [0.1, 0.15) is 0 Å². The summed E-state index contributed by atoms with van der Waals surface area (Å²) < 4.78 is 5.43. The molecule has 0 amide bonds. The van der Waals surface area contributed by atoms with E-state index in [1.165, 1.54) is 0 Å². The highest BCUT2D eigenvalue weighted by Crippen LogP contribution is 2.25. The van der Waals surface area contributed by atoms with Crippen molar-refractivity contribution in [2.24, 2.45) is 0 Å². The molecule has 0 radical (unpaired) electrons. The second kappa shape index (κ2) is 4.60. The molecule has 1 saturated carbocycles. The monoisotopic (exact) mass is 199 g/mol. The standard InChI is InChI=1S/C11H21NO2/c1-9-8-14-7-6-12(9)10-2-4-11(13)5-3-10/h9-11,13H,2-8H2,1H3/t9-,10-,11-/m1/s1. The van der Waals surface area contributed by atoms with E-state index in [2.05, 4.69) is 11.8 Å². The van der Waals surface area contributed by atoms with E-state index in [1.54, 1.807) is 0 Å². The van der Waals surface area contributed by atoms with Crippen LogP contribution >= 0.6 is 0 Å². The van der Waals surface area contributed by atoms with Crippen molar-refractivity contribution in [3.63, 3.8) is 0 Å². The van der Waals surface area contributed by atoms with Crippen LogP contribution in [0.15, 0.2) is 0 Å². The summed E-state index contributed by atoms with van der Waals surface area (Å²) in [4.78, 5) is 2.56. The lowest BCUT2D eigenvalue weighted by molar-refractivity contribution is -0.0377. The first-order valence-corrected chi connectivity index (χ1v) is 5.79. The largest absolute Gasteiger partial charge is 0.393 e. The van der Waals surface area contributed by atoms with Crippen molar-refractivity contribution in [2.45, 2.75) is 50.8 Å². The molecule has 0 unspecified atom stereocenters. The molecule has 0 spiro atoms. The Hall–Kier alpha value is -0.120. The summed E-state index contributed by atoms with van der Waals surface area (Å²) in [7, 11) is 0. The molecule has 3 heteroatoms. The first kappa shape index (κ1) is 10.4. The highest BCUT2D eigenvalue weighted by Gasteiger charge is 2.29. The maximum atomic E-state index is 9.45. The van der Waals surface area contributed by atoms with Crippen LogP contribution in [0.5, 0.6) is 0 Å². The van der Waals surface area contributed by atoms with Crippen LogP contribution in [0.25, 0.3) is 0 Å². The van der Waals surface area contributed by atoms with Crippen molar-refractivity contribution in [3.8, 4) is 0 Å². The van der Waals surface area contributed by atoms with E-state index in [9.17, 15) is 5.11 Å². The zero-order chi connectivity index (χ0) is 9.97. The van der Waals surface area contributed by atoms with Gasteiger partial charge in [-0.05, 0) is 32.6 Å². The molecule has 2 rings (SSSR count).